The van der Waals surface area contributed by atoms with Gasteiger partial charge in [-0.3, -0.25) is 19.6 Å². The zero-order valence-corrected chi connectivity index (χ0v) is 12.6. The summed E-state index contributed by atoms with van der Waals surface area (Å²) in [6.45, 7) is 0. The third kappa shape index (κ3) is 2.00. The SMILES string of the molecule is CN(C)c1nc2nc(-c3nc4nc(N)[nH]c(=O)c4[nH]3)[nH]c2c(=O)[nH]1. The van der Waals surface area contributed by atoms with Crippen LogP contribution in [-0.4, -0.2) is 54.0 Å². The zero-order valence-electron chi connectivity index (χ0n) is 12.6. The van der Waals surface area contributed by atoms with E-state index in [1.54, 1.807) is 19.0 Å². The number of nitrogens with two attached hydrogens (primary N) is 1. The van der Waals surface area contributed by atoms with Crippen molar-refractivity contribution in [3.63, 3.8) is 0 Å². The Labute approximate surface area is 132 Å². The molecule has 0 spiro atoms. The predicted molar refractivity (Wildman–Crippen MR) is 86.8 cm³/mol. The van der Waals surface area contributed by atoms with Gasteiger partial charge in [-0.05, 0) is 0 Å². The van der Waals surface area contributed by atoms with Gasteiger partial charge in [-0.25, -0.2) is 9.97 Å². The molecule has 0 saturated heterocycles. The molecule has 4 aromatic rings. The van der Waals surface area contributed by atoms with E-state index < -0.39 is 5.56 Å². The summed E-state index contributed by atoms with van der Waals surface area (Å²) in [7, 11) is 3.50. The molecule has 0 aliphatic carbocycles. The molecule has 122 valence electrons. The number of hydrogen-bond donors (Lipinski definition) is 5. The Morgan fingerprint density at radius 2 is 1.33 bits per heavy atom. The quantitative estimate of drug-likeness (QED) is 0.308. The first kappa shape index (κ1) is 13.9. The number of anilines is 2. The second kappa shape index (κ2) is 4.65. The summed E-state index contributed by atoms with van der Waals surface area (Å²) in [6.07, 6.45) is 0. The number of rotatable bonds is 2. The third-order valence-corrected chi connectivity index (χ3v) is 3.38. The van der Waals surface area contributed by atoms with E-state index in [1.165, 1.54) is 0 Å². The molecular formula is C12H12N10O2. The van der Waals surface area contributed by atoms with Crippen LogP contribution >= 0.6 is 0 Å². The van der Waals surface area contributed by atoms with Crippen LogP contribution in [0.3, 0.4) is 0 Å². The lowest BCUT2D eigenvalue weighted by Gasteiger charge is -2.08. The topological polar surface area (TPSA) is 178 Å². The maximum Gasteiger partial charge on any atom is 0.278 e. The van der Waals surface area contributed by atoms with Crippen molar-refractivity contribution in [2.75, 3.05) is 24.7 Å². The third-order valence-electron chi connectivity index (χ3n) is 3.38. The highest BCUT2D eigenvalue weighted by Gasteiger charge is 2.16. The molecule has 0 aliphatic rings. The smallest absolute Gasteiger partial charge is 0.278 e. The van der Waals surface area contributed by atoms with Gasteiger partial charge in [0.1, 0.15) is 0 Å². The van der Waals surface area contributed by atoms with E-state index in [2.05, 4.69) is 39.9 Å². The second-order valence-corrected chi connectivity index (χ2v) is 5.30. The summed E-state index contributed by atoms with van der Waals surface area (Å²) in [5.74, 6) is 0.845. The summed E-state index contributed by atoms with van der Waals surface area (Å²) in [5.41, 5.74) is 5.45. The Morgan fingerprint density at radius 1 is 0.792 bits per heavy atom. The average molecular weight is 328 g/mol. The fourth-order valence-corrected chi connectivity index (χ4v) is 2.26. The van der Waals surface area contributed by atoms with E-state index in [4.69, 9.17) is 5.73 Å². The van der Waals surface area contributed by atoms with Gasteiger partial charge in [-0.15, -0.1) is 0 Å². The summed E-state index contributed by atoms with van der Waals surface area (Å²) in [4.78, 5) is 52.9. The molecule has 0 bridgehead atoms. The van der Waals surface area contributed by atoms with Crippen molar-refractivity contribution >= 4 is 34.2 Å². The molecule has 0 saturated carbocycles. The van der Waals surface area contributed by atoms with E-state index in [1.807, 2.05) is 0 Å². The zero-order chi connectivity index (χ0) is 17.0. The summed E-state index contributed by atoms with van der Waals surface area (Å²) >= 11 is 0. The molecule has 0 amide bonds. The summed E-state index contributed by atoms with van der Waals surface area (Å²) in [5, 5.41) is 0. The first-order valence-corrected chi connectivity index (χ1v) is 6.85. The minimum Gasteiger partial charge on any atom is -0.369 e. The Balaban J connectivity index is 1.94. The van der Waals surface area contributed by atoms with Crippen molar-refractivity contribution in [3.8, 4) is 11.6 Å². The highest BCUT2D eigenvalue weighted by atomic mass is 16.1. The van der Waals surface area contributed by atoms with Gasteiger partial charge < -0.3 is 20.6 Å². The molecule has 0 aliphatic heterocycles. The first-order chi connectivity index (χ1) is 11.4. The summed E-state index contributed by atoms with van der Waals surface area (Å²) in [6, 6.07) is 0. The van der Waals surface area contributed by atoms with Crippen LogP contribution in [0.5, 0.6) is 0 Å². The number of hydrogen-bond acceptors (Lipinski definition) is 8. The molecule has 4 heterocycles. The van der Waals surface area contributed by atoms with Crippen molar-refractivity contribution < 1.29 is 0 Å². The Hall–Kier alpha value is -3.70. The molecule has 0 radical (unpaired) electrons. The molecule has 12 nitrogen and oxygen atoms in total. The molecule has 0 aromatic carbocycles. The Kier molecular flexibility index (Phi) is 2.70. The van der Waals surface area contributed by atoms with Crippen LogP contribution in [0.2, 0.25) is 0 Å². The second-order valence-electron chi connectivity index (χ2n) is 5.30. The van der Waals surface area contributed by atoms with Crippen LogP contribution in [0.1, 0.15) is 0 Å². The highest BCUT2D eigenvalue weighted by molar-refractivity contribution is 5.78. The van der Waals surface area contributed by atoms with Crippen molar-refractivity contribution in [2.24, 2.45) is 0 Å². The molecule has 0 atom stereocenters. The fraction of sp³-hybridized carbons (Fsp3) is 0.167. The number of nitrogens with one attached hydrogen (secondary N) is 4. The standard InChI is InChI=1S/C12H12N10O2/c1-22(2)12-19-6-4(10(24)21-12)15-8(17-6)7-14-3-5(16-7)18-11(13)20-9(3)23/h1-2H3,(H2,15,17,19,21,24)(H4,13,14,16,18,20,23). The van der Waals surface area contributed by atoms with E-state index in [0.717, 1.165) is 0 Å². The normalized spacial score (nSPS) is 11.4. The van der Waals surface area contributed by atoms with Gasteiger partial charge in [0.2, 0.25) is 11.9 Å². The number of aromatic amines is 4. The molecule has 12 heteroatoms. The van der Waals surface area contributed by atoms with Crippen LogP contribution in [0, 0.1) is 0 Å². The van der Waals surface area contributed by atoms with Gasteiger partial charge in [-0.1, -0.05) is 0 Å². The van der Waals surface area contributed by atoms with Crippen molar-refractivity contribution in [1.82, 2.24) is 39.9 Å². The first-order valence-electron chi connectivity index (χ1n) is 6.85. The van der Waals surface area contributed by atoms with E-state index in [9.17, 15) is 9.59 Å². The van der Waals surface area contributed by atoms with Gasteiger partial charge in [0.15, 0.2) is 34.0 Å². The van der Waals surface area contributed by atoms with Gasteiger partial charge in [0.25, 0.3) is 11.1 Å². The van der Waals surface area contributed by atoms with Gasteiger partial charge in [0.05, 0.1) is 0 Å². The van der Waals surface area contributed by atoms with Crippen LogP contribution in [-0.2, 0) is 0 Å². The van der Waals surface area contributed by atoms with Gasteiger partial charge in [-0.2, -0.15) is 9.97 Å². The summed E-state index contributed by atoms with van der Waals surface area (Å²) < 4.78 is 0. The number of nitrogen functional groups attached to an aromatic ring is 1. The fourth-order valence-electron chi connectivity index (χ4n) is 2.26. The van der Waals surface area contributed by atoms with Crippen LogP contribution < -0.4 is 21.8 Å². The van der Waals surface area contributed by atoms with Crippen LogP contribution in [0.4, 0.5) is 11.9 Å². The minimum atomic E-state index is -0.446. The van der Waals surface area contributed by atoms with Crippen molar-refractivity contribution in [3.05, 3.63) is 20.7 Å². The lowest BCUT2D eigenvalue weighted by atomic mass is 10.5. The minimum absolute atomic E-state index is 0.0381. The van der Waals surface area contributed by atoms with Gasteiger partial charge >= 0.3 is 0 Å². The molecular weight excluding hydrogens is 316 g/mol. The van der Waals surface area contributed by atoms with Crippen LogP contribution in [0.25, 0.3) is 34.0 Å². The molecule has 0 fully saturated rings. The lowest BCUT2D eigenvalue weighted by Crippen LogP contribution is -2.18. The number of aromatic nitrogens is 8. The number of nitrogens with zero attached hydrogens (tertiary/aromatic N) is 5. The largest absolute Gasteiger partial charge is 0.369 e. The highest BCUT2D eigenvalue weighted by Crippen LogP contribution is 2.17. The van der Waals surface area contributed by atoms with E-state index in [-0.39, 0.29) is 45.5 Å². The predicted octanol–water partition coefficient (Wildman–Crippen LogP) is -1.08. The maximum absolute atomic E-state index is 12.1. The maximum atomic E-state index is 12.1. The Bertz CT molecular complexity index is 1190. The van der Waals surface area contributed by atoms with E-state index >= 15 is 0 Å². The van der Waals surface area contributed by atoms with Crippen molar-refractivity contribution in [1.29, 1.82) is 0 Å². The average Bonchev–Trinajstić information content (AvgIpc) is 3.10. The number of H-pyrrole nitrogens is 4. The monoisotopic (exact) mass is 328 g/mol. The molecule has 24 heavy (non-hydrogen) atoms. The van der Waals surface area contributed by atoms with Crippen LogP contribution in [0.15, 0.2) is 9.59 Å². The molecule has 0 unspecified atom stereocenters. The number of imidazole rings is 2. The molecule has 6 N–H and O–H groups in total. The lowest BCUT2D eigenvalue weighted by molar-refractivity contribution is 0.997. The number of fused-ring (bicyclic) bond motifs is 2. The van der Waals surface area contributed by atoms with E-state index in [0.29, 0.717) is 5.95 Å². The van der Waals surface area contributed by atoms with Crippen molar-refractivity contribution in [2.45, 2.75) is 0 Å². The molecule has 4 rings (SSSR count). The molecule has 4 aromatic heterocycles. The Morgan fingerprint density at radius 3 is 1.92 bits per heavy atom. The van der Waals surface area contributed by atoms with Gasteiger partial charge in [0, 0.05) is 14.1 Å².